The predicted octanol–water partition coefficient (Wildman–Crippen LogP) is 11.1. The van der Waals surface area contributed by atoms with Crippen molar-refractivity contribution in [1.82, 2.24) is 54.6 Å². The lowest BCUT2D eigenvalue weighted by molar-refractivity contribution is -0.192. The highest BCUT2D eigenvalue weighted by atomic mass is 35.5. The highest BCUT2D eigenvalue weighted by Gasteiger charge is 2.40. The van der Waals surface area contributed by atoms with Crippen LogP contribution in [0.2, 0.25) is 15.1 Å². The minimum Gasteiger partial charge on any atom is -0.366 e. The van der Waals surface area contributed by atoms with E-state index in [0.29, 0.717) is 44.7 Å². The van der Waals surface area contributed by atoms with Gasteiger partial charge < -0.3 is 77.1 Å². The molecule has 656 valence electrons. The van der Waals surface area contributed by atoms with Crippen molar-refractivity contribution in [3.63, 3.8) is 0 Å². The summed E-state index contributed by atoms with van der Waals surface area (Å²) in [5.74, 6) is -12.4. The number of piperidine rings is 2. The quantitative estimate of drug-likeness (QED) is 0.0108. The van der Waals surface area contributed by atoms with Crippen molar-refractivity contribution in [2.75, 3.05) is 51.1 Å². The van der Waals surface area contributed by atoms with Gasteiger partial charge in [0.15, 0.2) is 0 Å². The van der Waals surface area contributed by atoms with Crippen molar-refractivity contribution in [1.29, 1.82) is 0 Å². The normalized spacial score (nSPS) is 14.6. The number of hydrogen-bond acceptors (Lipinski definition) is 14. The number of nitrogens with one attached hydrogen (secondary N) is 5. The summed E-state index contributed by atoms with van der Waals surface area (Å²) in [6.45, 7) is -1.09. The number of fused-ring (bicyclic) bond motifs is 3. The molecule has 0 radical (unpaired) electrons. The number of rotatable bonds is 26. The highest BCUT2D eigenvalue weighted by Crippen LogP contribution is 2.34. The number of benzene rings is 6. The van der Waals surface area contributed by atoms with Crippen molar-refractivity contribution >= 4 is 157 Å². The zero-order valence-electron chi connectivity index (χ0n) is 65.9. The fourth-order valence-electron chi connectivity index (χ4n) is 13.7. The number of aromatic nitrogens is 3. The molecule has 0 atom stereocenters. The van der Waals surface area contributed by atoms with Crippen LogP contribution in [-0.2, 0) is 77.6 Å². The smallest absolute Gasteiger partial charge is 0.366 e. The van der Waals surface area contributed by atoms with E-state index in [1.54, 1.807) is 53.2 Å². The molecule has 3 saturated carbocycles. The molecule has 3 aliphatic carbocycles. The number of azide groups is 1. The summed E-state index contributed by atoms with van der Waals surface area (Å²) in [5, 5.41) is 17.4. The Kier molecular flexibility index (Phi) is 33.0. The molecule has 5 aliphatic rings. The first-order valence-corrected chi connectivity index (χ1v) is 39.5. The van der Waals surface area contributed by atoms with Gasteiger partial charge in [-0.1, -0.05) is 89.4 Å². The van der Waals surface area contributed by atoms with Gasteiger partial charge in [0.1, 0.15) is 37.1 Å². The molecule has 11 N–H and O–H groups in total. The van der Waals surface area contributed by atoms with Crippen LogP contribution in [0, 0.1) is 17.5 Å². The molecule has 42 heteroatoms. The summed E-state index contributed by atoms with van der Waals surface area (Å²) in [6, 6.07) is 28.7. The number of likely N-dealkylation sites (tertiary alicyclic amines) is 1. The number of primary amides is 3. The molecule has 31 nitrogen and oxygen atoms in total. The van der Waals surface area contributed by atoms with Gasteiger partial charge in [-0.25, -0.2) is 35.5 Å². The number of hydrogen-bond donors (Lipinski definition) is 8. The lowest BCUT2D eigenvalue weighted by atomic mass is 10.1. The topological polar surface area (TPSA) is 437 Å². The summed E-state index contributed by atoms with van der Waals surface area (Å²) in [7, 11) is 0. The Morgan fingerprint density at radius 1 is 0.524 bits per heavy atom. The minimum absolute atomic E-state index is 0. The number of carbonyl (C=O) groups excluding carboxylic acids is 13. The number of nitrogens with zero attached hydrogens (tertiary/aromatic N) is 10. The van der Waals surface area contributed by atoms with Gasteiger partial charge in [0.05, 0.1) is 64.5 Å². The Balaban J connectivity index is 0.000000199. The van der Waals surface area contributed by atoms with Crippen LogP contribution in [0.25, 0.3) is 43.2 Å². The standard InChI is InChI=1S/C29H30ClF3N6O4.C24H21ClFN7O4.C23H22ClFN4O3.C5H9F2N.CO2.ClH/c30-22-4-1-3-17(26(22)31)12-35-24(40)14-39(19-6-7-19)25(41)15-38-13-21(27(34)42)20-11-18(5-8-23(20)38)36-28(43)37-10-2-9-29(32,33)16-37;25-18-3-1-2-14(22(18)26)9-29-20(34)11-33(15-5-6-15)21(35)12-32-10-17(23(27)36)16-8-13(4-7-19(16)32)24(37)30-31-28;24-18-6-3-4-14(22(18)25)10-27-20(30)12-29(15-8-9-15)21(31)13-28-11-17(23(26)32)16-5-1-2-7-19(16)28;6-5(7)2-1-3-8-4-5;2-1-3;/h1,3-5,8,11,13,19H,2,6-7,9-10,12,14-16H2,(H2,34,42)(H,35,40)(H,36,43);1-4,7-8,10,15H,5-6,9,11-12H2,(H2,27,36)(H,29,34);1-7,11,15H,8-10,12-13H2,(H2,26,32)(H,27,30);8H,1-4H2;;1H. The van der Waals surface area contributed by atoms with Crippen LogP contribution in [0.5, 0.6) is 0 Å². The monoisotopic (exact) mass is 1800 g/mol. The van der Waals surface area contributed by atoms with Crippen molar-refractivity contribution in [2.45, 2.75) is 133 Å². The predicted molar refractivity (Wildman–Crippen MR) is 443 cm³/mol. The maximum atomic E-state index is 14.2. The average molecular weight is 1800 g/mol. The lowest BCUT2D eigenvalue weighted by Crippen LogP contribution is -2.47. The SMILES string of the molecule is Cl.FC1(F)CCCNC1.NC(=O)c1cn(CC(=O)N(CC(=O)NCc2cccc(Cl)c2F)C2CC2)c2ccc(NC(=O)N3CCCC(F)(F)C3)cc12.NC(=O)c1cn(CC(=O)N(CC(=O)NCc2cccc(Cl)c2F)C2CC2)c2ccccc12.O=C=O.[N-]=[N+]=NC(=O)c1ccc2c(c1)c(C(N)=O)cn2CC(=O)N(CC(=O)NCc1cccc(Cl)c1F)C1CC1. The van der Waals surface area contributed by atoms with E-state index in [2.05, 4.69) is 36.6 Å². The second-order valence-corrected chi connectivity index (χ2v) is 30.6. The molecule has 0 unspecified atom stereocenters. The van der Waals surface area contributed by atoms with Crippen LogP contribution in [0.4, 0.5) is 41.2 Å². The Morgan fingerprint density at radius 2 is 0.911 bits per heavy atom. The van der Waals surface area contributed by atoms with Crippen molar-refractivity contribution in [2.24, 2.45) is 22.3 Å². The van der Waals surface area contributed by atoms with E-state index in [-0.39, 0.29) is 206 Å². The molecule has 0 spiro atoms. The molecular weight excluding hydrogens is 1720 g/mol. The molecule has 14 rings (SSSR count). The molecule has 3 aromatic heterocycles. The zero-order valence-corrected chi connectivity index (χ0v) is 69.0. The fourth-order valence-corrected chi connectivity index (χ4v) is 14.3. The number of urea groups is 1. The summed E-state index contributed by atoms with van der Waals surface area (Å²) in [4.78, 5) is 162. The average Bonchev–Trinajstić information content (AvgIpc) is 1.64. The zero-order chi connectivity index (χ0) is 89.1. The molecule has 12 amide bonds. The third kappa shape index (κ3) is 25.8. The lowest BCUT2D eigenvalue weighted by Gasteiger charge is -2.32. The summed E-state index contributed by atoms with van der Waals surface area (Å²) < 4.78 is 98.9. The maximum Gasteiger partial charge on any atom is 0.373 e. The van der Waals surface area contributed by atoms with Crippen LogP contribution in [0.3, 0.4) is 0 Å². The van der Waals surface area contributed by atoms with Gasteiger partial charge in [0.2, 0.25) is 41.4 Å². The van der Waals surface area contributed by atoms with E-state index in [9.17, 15) is 83.5 Å². The number of nitrogens with two attached hydrogens (primary N) is 3. The molecule has 9 aromatic rings. The van der Waals surface area contributed by atoms with Crippen LogP contribution >= 0.6 is 47.2 Å². The van der Waals surface area contributed by atoms with E-state index in [4.69, 9.17) is 67.1 Å². The number of para-hydroxylation sites is 1. The number of alkyl halides is 4. The Bertz CT molecular complexity index is 5630. The van der Waals surface area contributed by atoms with Crippen LogP contribution in [-0.4, -0.2) is 180 Å². The van der Waals surface area contributed by atoms with Crippen molar-refractivity contribution in [3.8, 4) is 0 Å². The van der Waals surface area contributed by atoms with E-state index in [1.165, 1.54) is 96.9 Å². The van der Waals surface area contributed by atoms with Gasteiger partial charge >= 0.3 is 12.2 Å². The number of carbonyl (C=O) groups is 11. The summed E-state index contributed by atoms with van der Waals surface area (Å²) in [5.41, 5.74) is 28.3. The van der Waals surface area contributed by atoms with Crippen molar-refractivity contribution in [3.05, 3.63) is 216 Å². The van der Waals surface area contributed by atoms with Gasteiger partial charge in [-0.2, -0.15) is 9.59 Å². The Morgan fingerprint density at radius 3 is 1.28 bits per heavy atom. The number of anilines is 1. The van der Waals surface area contributed by atoms with Crippen LogP contribution in [0.1, 0.15) is 122 Å². The Hall–Kier alpha value is -12.6. The van der Waals surface area contributed by atoms with Crippen LogP contribution in [0.15, 0.2) is 139 Å². The summed E-state index contributed by atoms with van der Waals surface area (Å²) >= 11 is 17.3. The van der Waals surface area contributed by atoms with E-state index in [1.807, 2.05) is 12.1 Å². The molecule has 6 aromatic carbocycles. The van der Waals surface area contributed by atoms with Gasteiger partial charge in [-0.3, -0.25) is 47.9 Å². The third-order valence-electron chi connectivity index (χ3n) is 20.2. The summed E-state index contributed by atoms with van der Waals surface area (Å²) in [6.07, 6.45) is 9.80. The fraction of sp³-hybridized carbons (Fsp3) is 0.341. The second kappa shape index (κ2) is 43.0. The maximum absolute atomic E-state index is 14.2. The molecular formula is C82H83Cl4F7N18O13. The molecule has 5 heterocycles. The van der Waals surface area contributed by atoms with Gasteiger partial charge in [-0.15, -0.1) is 12.4 Å². The van der Waals surface area contributed by atoms with E-state index >= 15 is 0 Å². The first-order valence-electron chi connectivity index (χ1n) is 38.4. The van der Waals surface area contributed by atoms with Gasteiger partial charge in [0, 0.05) is 141 Å². The van der Waals surface area contributed by atoms with E-state index in [0.717, 1.165) is 50.0 Å². The molecule has 2 saturated heterocycles. The molecule has 5 fully saturated rings. The first-order chi connectivity index (χ1) is 58.6. The van der Waals surface area contributed by atoms with E-state index < -0.39 is 77.3 Å². The largest absolute Gasteiger partial charge is 0.373 e. The second-order valence-electron chi connectivity index (χ2n) is 29.3. The Labute approximate surface area is 723 Å². The third-order valence-corrected chi connectivity index (χ3v) is 21.1. The highest BCUT2D eigenvalue weighted by molar-refractivity contribution is 6.31. The van der Waals surface area contributed by atoms with Crippen LogP contribution < -0.4 is 43.8 Å². The molecule has 2 aliphatic heterocycles. The number of amides is 12. The first kappa shape index (κ1) is 95.3. The van der Waals surface area contributed by atoms with Gasteiger partial charge in [0.25, 0.3) is 29.6 Å². The van der Waals surface area contributed by atoms with Crippen molar-refractivity contribution < 1.29 is 93.1 Å². The minimum atomic E-state index is -2.95. The number of halogens is 11. The van der Waals surface area contributed by atoms with Gasteiger partial charge in [-0.05, 0) is 129 Å². The molecule has 0 bridgehead atoms. The molecule has 124 heavy (non-hydrogen) atoms.